The fourth-order valence-electron chi connectivity index (χ4n) is 4.54. The third-order valence-corrected chi connectivity index (χ3v) is 8.96. The van der Waals surface area contributed by atoms with E-state index in [9.17, 15) is 14.4 Å². The molecule has 1 unspecified atom stereocenters. The van der Waals surface area contributed by atoms with Gasteiger partial charge < -0.3 is 25.4 Å². The molecule has 1 heterocycles. The molecule has 0 fully saturated rings. The number of carbonyl (C=O) groups excluding carboxylic acids is 3. The Morgan fingerprint density at radius 3 is 2.33 bits per heavy atom. The van der Waals surface area contributed by atoms with Crippen LogP contribution in [0.3, 0.4) is 0 Å². The number of hydrogen-bond acceptors (Lipinski definition) is 8. The second-order valence-corrected chi connectivity index (χ2v) is 12.9. The highest BCUT2D eigenvalue weighted by molar-refractivity contribution is 8.00. The van der Waals surface area contributed by atoms with Crippen molar-refractivity contribution in [2.75, 3.05) is 24.9 Å². The molecule has 0 saturated heterocycles. The van der Waals surface area contributed by atoms with Crippen LogP contribution in [0.1, 0.15) is 28.4 Å². The van der Waals surface area contributed by atoms with Crippen LogP contribution in [-0.4, -0.2) is 42.2 Å². The SMILES string of the molecule is COc1ccc(-c2csc(NC(=O)C(C)Sc3cccc(NC(=O)/C(=C/c4ccc(C)cc4)NC(=O)c4ccccc4)c3)n2)cc1OC. The molecule has 0 aliphatic rings. The van der Waals surface area contributed by atoms with Gasteiger partial charge in [0.15, 0.2) is 16.6 Å². The number of hydrogen-bond donors (Lipinski definition) is 3. The van der Waals surface area contributed by atoms with Crippen molar-refractivity contribution in [3.8, 4) is 22.8 Å². The fourth-order valence-corrected chi connectivity index (χ4v) is 6.19. The Morgan fingerprint density at radius 2 is 1.60 bits per heavy atom. The predicted octanol–water partition coefficient (Wildman–Crippen LogP) is 7.66. The summed E-state index contributed by atoms with van der Waals surface area (Å²) >= 11 is 2.67. The molecule has 0 spiro atoms. The summed E-state index contributed by atoms with van der Waals surface area (Å²) < 4.78 is 10.7. The third-order valence-electron chi connectivity index (χ3n) is 7.10. The molecule has 0 aliphatic carbocycles. The Morgan fingerprint density at radius 1 is 0.854 bits per heavy atom. The summed E-state index contributed by atoms with van der Waals surface area (Å²) in [6.45, 7) is 3.78. The molecule has 0 radical (unpaired) electrons. The second kappa shape index (κ2) is 15.9. The number of methoxy groups -OCH3 is 2. The van der Waals surface area contributed by atoms with Crippen LogP contribution in [0.2, 0.25) is 0 Å². The van der Waals surface area contributed by atoms with Gasteiger partial charge in [-0.1, -0.05) is 54.1 Å². The number of amides is 3. The molecule has 4 aromatic carbocycles. The van der Waals surface area contributed by atoms with E-state index in [1.165, 1.54) is 23.1 Å². The summed E-state index contributed by atoms with van der Waals surface area (Å²) in [4.78, 5) is 44.9. The van der Waals surface area contributed by atoms with E-state index in [1.807, 2.05) is 66.9 Å². The quantitative estimate of drug-likeness (QED) is 0.0916. The van der Waals surface area contributed by atoms with Crippen LogP contribution in [0, 0.1) is 6.92 Å². The van der Waals surface area contributed by atoms with Crippen molar-refractivity contribution in [1.82, 2.24) is 10.3 Å². The molecule has 0 saturated carbocycles. The number of nitrogens with zero attached hydrogens (tertiary/aromatic N) is 1. The zero-order chi connectivity index (χ0) is 34.0. The van der Waals surface area contributed by atoms with Gasteiger partial charge in [0.1, 0.15) is 5.70 Å². The standard InChI is InChI=1S/C37H34N4O5S2/c1-23-13-15-25(16-14-23)19-30(39-35(43)26-9-6-5-7-10-26)36(44)38-28-11-8-12-29(21-28)48-24(2)34(42)41-37-40-31(22-47-37)27-17-18-32(45-3)33(20-27)46-4/h5-22,24H,1-4H3,(H,38,44)(H,39,43)(H,40,41,42)/b30-19-. The van der Waals surface area contributed by atoms with Gasteiger partial charge in [-0.25, -0.2) is 4.98 Å². The van der Waals surface area contributed by atoms with Crippen molar-refractivity contribution in [2.45, 2.75) is 24.0 Å². The van der Waals surface area contributed by atoms with Crippen molar-refractivity contribution in [3.63, 3.8) is 0 Å². The van der Waals surface area contributed by atoms with Crippen molar-refractivity contribution < 1.29 is 23.9 Å². The van der Waals surface area contributed by atoms with Gasteiger partial charge in [-0.15, -0.1) is 23.1 Å². The molecule has 3 N–H and O–H groups in total. The van der Waals surface area contributed by atoms with E-state index >= 15 is 0 Å². The lowest BCUT2D eigenvalue weighted by atomic mass is 10.1. The highest BCUT2D eigenvalue weighted by atomic mass is 32.2. The molecule has 1 aromatic heterocycles. The highest BCUT2D eigenvalue weighted by Gasteiger charge is 2.19. The molecule has 9 nitrogen and oxygen atoms in total. The number of nitrogens with one attached hydrogen (secondary N) is 3. The Bertz CT molecular complexity index is 1940. The van der Waals surface area contributed by atoms with E-state index < -0.39 is 17.1 Å². The van der Waals surface area contributed by atoms with Crippen LogP contribution in [-0.2, 0) is 9.59 Å². The van der Waals surface area contributed by atoms with Gasteiger partial charge in [0.05, 0.1) is 25.2 Å². The zero-order valence-electron chi connectivity index (χ0n) is 26.8. The maximum atomic E-state index is 13.5. The molecule has 48 heavy (non-hydrogen) atoms. The van der Waals surface area contributed by atoms with Crippen LogP contribution < -0.4 is 25.4 Å². The summed E-state index contributed by atoms with van der Waals surface area (Å²) in [7, 11) is 3.15. The lowest BCUT2D eigenvalue weighted by Crippen LogP contribution is -2.30. The molecule has 5 aromatic rings. The minimum Gasteiger partial charge on any atom is -0.493 e. The van der Waals surface area contributed by atoms with Crippen molar-refractivity contribution in [2.24, 2.45) is 0 Å². The van der Waals surface area contributed by atoms with Crippen LogP contribution in [0.25, 0.3) is 17.3 Å². The number of anilines is 2. The largest absolute Gasteiger partial charge is 0.493 e. The first kappa shape index (κ1) is 34.0. The number of rotatable bonds is 12. The number of carbonyl (C=O) groups is 3. The summed E-state index contributed by atoms with van der Waals surface area (Å²) in [6, 6.07) is 29.0. The lowest BCUT2D eigenvalue weighted by Gasteiger charge is -2.14. The van der Waals surface area contributed by atoms with E-state index in [0.717, 1.165) is 21.6 Å². The average Bonchev–Trinajstić information content (AvgIpc) is 3.57. The molecule has 244 valence electrons. The van der Waals surface area contributed by atoms with Crippen molar-refractivity contribution in [3.05, 3.63) is 125 Å². The van der Waals surface area contributed by atoms with Gasteiger partial charge in [-0.2, -0.15) is 0 Å². The van der Waals surface area contributed by atoms with Gasteiger partial charge in [0.2, 0.25) is 5.91 Å². The van der Waals surface area contributed by atoms with E-state index in [4.69, 9.17) is 9.47 Å². The van der Waals surface area contributed by atoms with Crippen molar-refractivity contribution in [1.29, 1.82) is 0 Å². The van der Waals surface area contributed by atoms with E-state index in [2.05, 4.69) is 20.9 Å². The predicted molar refractivity (Wildman–Crippen MR) is 193 cm³/mol. The molecular formula is C37H34N4O5S2. The van der Waals surface area contributed by atoms with E-state index in [1.54, 1.807) is 69.7 Å². The second-order valence-electron chi connectivity index (χ2n) is 10.6. The van der Waals surface area contributed by atoms with Crippen LogP contribution >= 0.6 is 23.1 Å². The van der Waals surface area contributed by atoms with E-state index in [-0.39, 0.29) is 11.6 Å². The van der Waals surface area contributed by atoms with Gasteiger partial charge >= 0.3 is 0 Å². The average molecular weight is 679 g/mol. The molecule has 11 heteroatoms. The number of aryl methyl sites for hydroxylation is 1. The van der Waals surface area contributed by atoms with E-state index in [0.29, 0.717) is 33.6 Å². The molecule has 0 bridgehead atoms. The Kier molecular flexibility index (Phi) is 11.3. The number of benzene rings is 4. The van der Waals surface area contributed by atoms with Gasteiger partial charge in [0.25, 0.3) is 11.8 Å². The third kappa shape index (κ3) is 8.90. The Labute approximate surface area is 287 Å². The molecular weight excluding hydrogens is 645 g/mol. The maximum Gasteiger partial charge on any atom is 0.272 e. The first-order valence-corrected chi connectivity index (χ1v) is 16.7. The first-order chi connectivity index (χ1) is 23.2. The topological polar surface area (TPSA) is 119 Å². The normalized spacial score (nSPS) is 11.7. The minimum absolute atomic E-state index is 0.0920. The number of thioether (sulfide) groups is 1. The monoisotopic (exact) mass is 678 g/mol. The fraction of sp³-hybridized carbons (Fsp3) is 0.135. The smallest absolute Gasteiger partial charge is 0.272 e. The lowest BCUT2D eigenvalue weighted by molar-refractivity contribution is -0.115. The van der Waals surface area contributed by atoms with Gasteiger partial charge in [-0.05, 0) is 74.0 Å². The minimum atomic E-state index is -0.484. The molecule has 0 aliphatic heterocycles. The van der Waals surface area contributed by atoms with Crippen LogP contribution in [0.15, 0.2) is 113 Å². The Hall–Kier alpha value is -5.39. The Balaban J connectivity index is 1.24. The first-order valence-electron chi connectivity index (χ1n) is 14.9. The van der Waals surface area contributed by atoms with Gasteiger partial charge in [-0.3, -0.25) is 14.4 Å². The molecule has 5 rings (SSSR count). The van der Waals surface area contributed by atoms with Crippen LogP contribution in [0.4, 0.5) is 10.8 Å². The summed E-state index contributed by atoms with van der Waals surface area (Å²) in [5.74, 6) is 0.113. The zero-order valence-corrected chi connectivity index (χ0v) is 28.4. The maximum absolute atomic E-state index is 13.5. The van der Waals surface area contributed by atoms with Crippen LogP contribution in [0.5, 0.6) is 11.5 Å². The van der Waals surface area contributed by atoms with Crippen molar-refractivity contribution >= 4 is 57.7 Å². The molecule has 1 atom stereocenters. The number of ether oxygens (including phenoxy) is 2. The highest BCUT2D eigenvalue weighted by Crippen LogP contribution is 2.34. The number of thiazole rings is 1. The summed E-state index contributed by atoms with van der Waals surface area (Å²) in [5, 5.41) is 10.4. The summed E-state index contributed by atoms with van der Waals surface area (Å²) in [5.41, 5.74) is 4.42. The summed E-state index contributed by atoms with van der Waals surface area (Å²) in [6.07, 6.45) is 1.63. The number of aromatic nitrogens is 1. The molecule has 3 amide bonds. The van der Waals surface area contributed by atoms with Gasteiger partial charge in [0, 0.05) is 27.1 Å².